The van der Waals surface area contributed by atoms with Crippen molar-refractivity contribution in [2.75, 3.05) is 0 Å². The van der Waals surface area contributed by atoms with Gasteiger partial charge in [0, 0.05) is 12.8 Å². The van der Waals surface area contributed by atoms with Gasteiger partial charge in [0.15, 0.2) is 0 Å². The van der Waals surface area contributed by atoms with Gasteiger partial charge in [-0.05, 0) is 75.2 Å². The Labute approximate surface area is 201 Å². The van der Waals surface area contributed by atoms with Crippen molar-refractivity contribution in [1.82, 2.24) is 10.6 Å². The van der Waals surface area contributed by atoms with Gasteiger partial charge in [0.25, 0.3) is 0 Å². The first-order valence-electron chi connectivity index (χ1n) is 11.1. The normalized spacial score (nSPS) is 13.8. The molecule has 0 heterocycles. The average Bonchev–Trinajstić information content (AvgIpc) is 2.56. The molecular weight excluding hydrogens is 448 g/mol. The van der Waals surface area contributed by atoms with E-state index in [2.05, 4.69) is 10.6 Å². The van der Waals surface area contributed by atoms with Crippen molar-refractivity contribution in [1.29, 1.82) is 0 Å². The highest BCUT2D eigenvalue weighted by Crippen LogP contribution is 2.14. The summed E-state index contributed by atoms with van der Waals surface area (Å²) in [5.41, 5.74) is -2.42. The first-order chi connectivity index (χ1) is 15.2. The molecule has 0 saturated carbocycles. The summed E-state index contributed by atoms with van der Waals surface area (Å²) in [6.45, 7) is 15.0. The van der Waals surface area contributed by atoms with E-state index in [1.54, 1.807) is 62.3 Å². The fourth-order valence-electron chi connectivity index (χ4n) is 2.54. The van der Waals surface area contributed by atoms with Gasteiger partial charge >= 0.3 is 24.0 Å². The molecule has 11 heteroatoms. The third kappa shape index (κ3) is 15.9. The summed E-state index contributed by atoms with van der Waals surface area (Å²) in [6, 6.07) is -2.52. The van der Waals surface area contributed by atoms with E-state index in [-0.39, 0.29) is 19.3 Å². The third-order valence-corrected chi connectivity index (χ3v) is 3.72. The van der Waals surface area contributed by atoms with Crippen LogP contribution in [0.2, 0.25) is 0 Å². The van der Waals surface area contributed by atoms with E-state index in [1.807, 2.05) is 0 Å². The van der Waals surface area contributed by atoms with Gasteiger partial charge < -0.3 is 30.0 Å². The number of hydrogen-bond donors (Lipinski definition) is 3. The lowest BCUT2D eigenvalue weighted by Gasteiger charge is -2.27. The number of carbonyl (C=O) groups excluding carboxylic acids is 4. The summed E-state index contributed by atoms with van der Waals surface area (Å²) < 4.78 is 15.7. The van der Waals surface area contributed by atoms with E-state index in [0.29, 0.717) is 0 Å². The maximum Gasteiger partial charge on any atom is 0.408 e. The van der Waals surface area contributed by atoms with Crippen LogP contribution in [0.5, 0.6) is 0 Å². The number of carboxylic acids is 1. The molecule has 0 fully saturated rings. The molecule has 0 aliphatic heterocycles. The van der Waals surface area contributed by atoms with E-state index in [9.17, 15) is 24.0 Å². The van der Waals surface area contributed by atoms with Crippen LogP contribution in [0.4, 0.5) is 4.79 Å². The zero-order valence-corrected chi connectivity index (χ0v) is 21.7. The van der Waals surface area contributed by atoms with Gasteiger partial charge in [-0.15, -0.1) is 0 Å². The maximum atomic E-state index is 12.9. The van der Waals surface area contributed by atoms with Crippen molar-refractivity contribution in [3.05, 3.63) is 0 Å². The molecule has 3 N–H and O–H groups in total. The van der Waals surface area contributed by atoms with Gasteiger partial charge in [-0.2, -0.15) is 0 Å². The molecule has 0 aromatic heterocycles. The number of amides is 2. The monoisotopic (exact) mass is 488 g/mol. The highest BCUT2D eigenvalue weighted by molar-refractivity contribution is 5.90. The maximum absolute atomic E-state index is 12.9. The van der Waals surface area contributed by atoms with Crippen molar-refractivity contribution >= 4 is 29.9 Å². The lowest BCUT2D eigenvalue weighted by molar-refractivity contribution is -0.160. The van der Waals surface area contributed by atoms with Crippen LogP contribution in [0.25, 0.3) is 0 Å². The third-order valence-electron chi connectivity index (χ3n) is 3.72. The standard InChI is InChI=1S/C23H40N2O9/c1-21(2,3)32-17(28)13-11-15(19(30)33-22(4,5)6)24-18(29)14(10-12-16(26)27)25-20(31)34-23(7,8)9/h14-15H,10-13H2,1-9H3,(H,24,29)(H,25,31)(H,26,27). The minimum atomic E-state index is -1.29. The smallest absolute Gasteiger partial charge is 0.408 e. The van der Waals surface area contributed by atoms with Crippen molar-refractivity contribution < 1.29 is 43.3 Å². The molecular formula is C23H40N2O9. The van der Waals surface area contributed by atoms with Crippen LogP contribution in [0.1, 0.15) is 88.0 Å². The van der Waals surface area contributed by atoms with E-state index >= 15 is 0 Å². The predicted molar refractivity (Wildman–Crippen MR) is 123 cm³/mol. The van der Waals surface area contributed by atoms with Gasteiger partial charge in [0.05, 0.1) is 0 Å². The average molecular weight is 489 g/mol. The fraction of sp³-hybridized carbons (Fsp3) is 0.783. The Balaban J connectivity index is 5.55. The number of ether oxygens (including phenoxy) is 3. The van der Waals surface area contributed by atoms with Crippen LogP contribution < -0.4 is 10.6 Å². The number of esters is 2. The van der Waals surface area contributed by atoms with E-state index in [4.69, 9.17) is 19.3 Å². The van der Waals surface area contributed by atoms with Gasteiger partial charge in [-0.3, -0.25) is 14.4 Å². The van der Waals surface area contributed by atoms with Crippen molar-refractivity contribution in [3.63, 3.8) is 0 Å². The second-order valence-corrected chi connectivity index (χ2v) is 10.9. The Morgan fingerprint density at radius 2 is 1.15 bits per heavy atom. The van der Waals surface area contributed by atoms with Crippen LogP contribution in [-0.4, -0.2) is 63.9 Å². The minimum absolute atomic E-state index is 0.117. The number of carboxylic acid groups (broad SMARTS) is 1. The largest absolute Gasteiger partial charge is 0.481 e. The zero-order chi connectivity index (χ0) is 26.9. The molecule has 0 bridgehead atoms. The molecule has 0 spiro atoms. The van der Waals surface area contributed by atoms with Gasteiger partial charge in [0.1, 0.15) is 28.9 Å². The molecule has 0 aliphatic rings. The summed E-state index contributed by atoms with van der Waals surface area (Å²) in [7, 11) is 0. The summed E-state index contributed by atoms with van der Waals surface area (Å²) in [5, 5.41) is 13.8. The molecule has 0 aromatic rings. The first kappa shape index (κ1) is 31.1. The molecule has 0 aromatic carbocycles. The molecule has 196 valence electrons. The molecule has 2 atom stereocenters. The number of aliphatic carboxylic acids is 1. The number of carbonyl (C=O) groups is 5. The quantitative estimate of drug-likeness (QED) is 0.310. The lowest BCUT2D eigenvalue weighted by atomic mass is 10.1. The van der Waals surface area contributed by atoms with Gasteiger partial charge in [-0.25, -0.2) is 9.59 Å². The number of nitrogens with one attached hydrogen (secondary N) is 2. The number of hydrogen-bond acceptors (Lipinski definition) is 8. The highest BCUT2D eigenvalue weighted by atomic mass is 16.6. The second-order valence-electron chi connectivity index (χ2n) is 10.9. The minimum Gasteiger partial charge on any atom is -0.481 e. The van der Waals surface area contributed by atoms with Crippen molar-refractivity contribution in [2.45, 2.75) is 117 Å². The van der Waals surface area contributed by atoms with E-state index < -0.39 is 65.2 Å². The van der Waals surface area contributed by atoms with Crippen molar-refractivity contribution in [3.8, 4) is 0 Å². The van der Waals surface area contributed by atoms with Crippen LogP contribution in [0.15, 0.2) is 0 Å². The van der Waals surface area contributed by atoms with Crippen molar-refractivity contribution in [2.24, 2.45) is 0 Å². The first-order valence-corrected chi connectivity index (χ1v) is 11.1. The lowest BCUT2D eigenvalue weighted by Crippen LogP contribution is -2.53. The molecule has 0 rings (SSSR count). The van der Waals surface area contributed by atoms with Crippen LogP contribution >= 0.6 is 0 Å². The molecule has 0 aliphatic carbocycles. The Kier molecular flexibility index (Phi) is 11.5. The summed E-state index contributed by atoms with van der Waals surface area (Å²) in [6.07, 6.45) is -1.87. The molecule has 34 heavy (non-hydrogen) atoms. The predicted octanol–water partition coefficient (Wildman–Crippen LogP) is 2.69. The molecule has 0 saturated heterocycles. The van der Waals surface area contributed by atoms with Gasteiger partial charge in [0.2, 0.25) is 5.91 Å². The molecule has 11 nitrogen and oxygen atoms in total. The fourth-order valence-corrected chi connectivity index (χ4v) is 2.54. The van der Waals surface area contributed by atoms with Gasteiger partial charge in [-0.1, -0.05) is 0 Å². The molecule has 2 unspecified atom stereocenters. The summed E-state index contributed by atoms with van der Waals surface area (Å²) >= 11 is 0. The molecule has 2 amide bonds. The van der Waals surface area contributed by atoms with E-state index in [0.717, 1.165) is 0 Å². The van der Waals surface area contributed by atoms with Crippen LogP contribution in [0.3, 0.4) is 0 Å². The Hall–Kier alpha value is -2.85. The van der Waals surface area contributed by atoms with Crippen LogP contribution in [-0.2, 0) is 33.4 Å². The molecule has 0 radical (unpaired) electrons. The van der Waals surface area contributed by atoms with E-state index in [1.165, 1.54) is 0 Å². The highest BCUT2D eigenvalue weighted by Gasteiger charge is 2.32. The number of rotatable bonds is 10. The zero-order valence-electron chi connectivity index (χ0n) is 21.7. The second kappa shape index (κ2) is 12.6. The topological polar surface area (TPSA) is 157 Å². The number of alkyl carbamates (subject to hydrolysis) is 1. The SMILES string of the molecule is CC(C)(C)OC(=O)CCC(NC(=O)C(CCC(=O)O)NC(=O)OC(C)(C)C)C(=O)OC(C)(C)C. The summed E-state index contributed by atoms with van der Waals surface area (Å²) in [4.78, 5) is 60.9. The Bertz CT molecular complexity index is 743. The Morgan fingerprint density at radius 3 is 1.59 bits per heavy atom. The van der Waals surface area contributed by atoms with Crippen LogP contribution in [0, 0.1) is 0 Å². The summed E-state index contributed by atoms with van der Waals surface area (Å²) in [5.74, 6) is -3.33. The Morgan fingerprint density at radius 1 is 0.676 bits per heavy atom.